The van der Waals surface area contributed by atoms with Crippen LogP contribution < -0.4 is 0 Å². The van der Waals surface area contributed by atoms with Crippen LogP contribution in [-0.4, -0.2) is 29.1 Å². The maximum Gasteiger partial charge on any atom is 0.371 e. The van der Waals surface area contributed by atoms with Gasteiger partial charge < -0.3 is 9.52 Å². The lowest BCUT2D eigenvalue weighted by atomic mass is 9.99. The van der Waals surface area contributed by atoms with Crippen molar-refractivity contribution in [3.05, 3.63) is 23.7 Å². The number of likely N-dealkylation sites (tertiary alicyclic amines) is 1. The SMILES string of the molecule is CC1CCN(Cc2coc(C(=O)O)c2)CC1. The van der Waals surface area contributed by atoms with Gasteiger partial charge in [0, 0.05) is 12.1 Å². The van der Waals surface area contributed by atoms with Crippen molar-refractivity contribution in [1.29, 1.82) is 0 Å². The number of rotatable bonds is 3. The Balaban J connectivity index is 1.91. The zero-order valence-electron chi connectivity index (χ0n) is 9.48. The summed E-state index contributed by atoms with van der Waals surface area (Å²) in [7, 11) is 0. The van der Waals surface area contributed by atoms with Gasteiger partial charge in [-0.3, -0.25) is 4.90 Å². The third-order valence-corrected chi connectivity index (χ3v) is 3.15. The first-order chi connectivity index (χ1) is 7.65. The van der Waals surface area contributed by atoms with E-state index >= 15 is 0 Å². The highest BCUT2D eigenvalue weighted by Crippen LogP contribution is 2.19. The van der Waals surface area contributed by atoms with E-state index in [0.717, 1.165) is 31.1 Å². The van der Waals surface area contributed by atoms with Crippen LogP contribution in [0.25, 0.3) is 0 Å². The van der Waals surface area contributed by atoms with Crippen molar-refractivity contribution in [1.82, 2.24) is 4.90 Å². The first-order valence-corrected chi connectivity index (χ1v) is 5.68. The molecule has 0 unspecified atom stereocenters. The average molecular weight is 223 g/mol. The molecule has 1 aliphatic rings. The van der Waals surface area contributed by atoms with Crippen LogP contribution >= 0.6 is 0 Å². The van der Waals surface area contributed by atoms with E-state index in [2.05, 4.69) is 11.8 Å². The van der Waals surface area contributed by atoms with E-state index in [4.69, 9.17) is 9.52 Å². The molecule has 2 heterocycles. The predicted octanol–water partition coefficient (Wildman–Crippen LogP) is 2.21. The quantitative estimate of drug-likeness (QED) is 0.853. The Labute approximate surface area is 94.9 Å². The van der Waals surface area contributed by atoms with Gasteiger partial charge in [-0.15, -0.1) is 0 Å². The topological polar surface area (TPSA) is 53.7 Å². The van der Waals surface area contributed by atoms with Gasteiger partial charge in [-0.25, -0.2) is 4.79 Å². The van der Waals surface area contributed by atoms with Crippen molar-refractivity contribution in [2.24, 2.45) is 5.92 Å². The second-order valence-corrected chi connectivity index (χ2v) is 4.58. The standard InChI is InChI=1S/C12H17NO3/c1-9-2-4-13(5-3-9)7-10-6-11(12(14)15)16-8-10/h6,8-9H,2-5,7H2,1H3,(H,14,15). The first kappa shape index (κ1) is 11.2. The molecule has 0 amide bonds. The number of aromatic carboxylic acids is 1. The van der Waals surface area contributed by atoms with Crippen molar-refractivity contribution < 1.29 is 14.3 Å². The number of carbonyl (C=O) groups is 1. The summed E-state index contributed by atoms with van der Waals surface area (Å²) in [6.45, 7) is 5.25. The highest BCUT2D eigenvalue weighted by Gasteiger charge is 2.17. The molecule has 1 fully saturated rings. The van der Waals surface area contributed by atoms with Crippen LogP contribution in [0.1, 0.15) is 35.9 Å². The Morgan fingerprint density at radius 2 is 2.25 bits per heavy atom. The number of furan rings is 1. The maximum absolute atomic E-state index is 10.6. The van der Waals surface area contributed by atoms with Gasteiger partial charge in [-0.05, 0) is 37.9 Å². The minimum absolute atomic E-state index is 0.0281. The largest absolute Gasteiger partial charge is 0.475 e. The Morgan fingerprint density at radius 3 is 2.81 bits per heavy atom. The number of carboxylic acid groups (broad SMARTS) is 1. The van der Waals surface area contributed by atoms with Gasteiger partial charge in [0.05, 0.1) is 6.26 Å². The Kier molecular flexibility index (Phi) is 3.29. The summed E-state index contributed by atoms with van der Waals surface area (Å²) >= 11 is 0. The number of piperidine rings is 1. The summed E-state index contributed by atoms with van der Waals surface area (Å²) in [4.78, 5) is 13.0. The van der Waals surface area contributed by atoms with Gasteiger partial charge in [-0.1, -0.05) is 6.92 Å². The van der Waals surface area contributed by atoms with E-state index in [1.54, 1.807) is 12.3 Å². The summed E-state index contributed by atoms with van der Waals surface area (Å²) in [6.07, 6.45) is 3.99. The molecule has 1 aliphatic heterocycles. The third kappa shape index (κ3) is 2.64. The second kappa shape index (κ2) is 4.70. The molecule has 0 saturated carbocycles. The van der Waals surface area contributed by atoms with Crippen LogP contribution in [0.3, 0.4) is 0 Å². The molecule has 0 radical (unpaired) electrons. The molecule has 0 spiro atoms. The number of carboxylic acids is 1. The van der Waals surface area contributed by atoms with Crippen molar-refractivity contribution in [3.8, 4) is 0 Å². The summed E-state index contributed by atoms with van der Waals surface area (Å²) in [5, 5.41) is 8.73. The summed E-state index contributed by atoms with van der Waals surface area (Å²) in [6, 6.07) is 1.61. The molecule has 1 N–H and O–H groups in total. The van der Waals surface area contributed by atoms with Gasteiger partial charge in [0.15, 0.2) is 0 Å². The van der Waals surface area contributed by atoms with Gasteiger partial charge in [0.25, 0.3) is 0 Å². The minimum Gasteiger partial charge on any atom is -0.475 e. The Hall–Kier alpha value is -1.29. The van der Waals surface area contributed by atoms with E-state index in [9.17, 15) is 4.79 Å². The molecule has 16 heavy (non-hydrogen) atoms. The van der Waals surface area contributed by atoms with E-state index in [0.29, 0.717) is 0 Å². The van der Waals surface area contributed by atoms with Crippen molar-refractivity contribution in [3.63, 3.8) is 0 Å². The highest BCUT2D eigenvalue weighted by atomic mass is 16.4. The molecular weight excluding hydrogens is 206 g/mol. The molecule has 0 aliphatic carbocycles. The van der Waals surface area contributed by atoms with Crippen molar-refractivity contribution in [2.75, 3.05) is 13.1 Å². The predicted molar refractivity (Wildman–Crippen MR) is 59.3 cm³/mol. The molecule has 2 rings (SSSR count). The summed E-state index contributed by atoms with van der Waals surface area (Å²) < 4.78 is 4.96. The highest BCUT2D eigenvalue weighted by molar-refractivity contribution is 5.84. The van der Waals surface area contributed by atoms with Gasteiger partial charge in [-0.2, -0.15) is 0 Å². The lowest BCUT2D eigenvalue weighted by Gasteiger charge is -2.29. The average Bonchev–Trinajstić information content (AvgIpc) is 2.70. The van der Waals surface area contributed by atoms with Crippen molar-refractivity contribution in [2.45, 2.75) is 26.3 Å². The lowest BCUT2D eigenvalue weighted by Crippen LogP contribution is -2.32. The summed E-state index contributed by atoms with van der Waals surface area (Å²) in [5.74, 6) is -0.158. The second-order valence-electron chi connectivity index (χ2n) is 4.58. The fraction of sp³-hybridized carbons (Fsp3) is 0.583. The monoisotopic (exact) mass is 223 g/mol. The molecule has 1 aromatic rings. The molecule has 0 bridgehead atoms. The smallest absolute Gasteiger partial charge is 0.371 e. The van der Waals surface area contributed by atoms with Crippen LogP contribution in [0.15, 0.2) is 16.7 Å². The molecular formula is C12H17NO3. The molecule has 4 heteroatoms. The fourth-order valence-electron chi connectivity index (χ4n) is 2.05. The van der Waals surface area contributed by atoms with Gasteiger partial charge >= 0.3 is 5.97 Å². The van der Waals surface area contributed by atoms with Gasteiger partial charge in [0.1, 0.15) is 0 Å². The summed E-state index contributed by atoms with van der Waals surface area (Å²) in [5.41, 5.74) is 0.951. The third-order valence-electron chi connectivity index (χ3n) is 3.15. The first-order valence-electron chi connectivity index (χ1n) is 5.68. The lowest BCUT2D eigenvalue weighted by molar-refractivity contribution is 0.0662. The zero-order valence-corrected chi connectivity index (χ0v) is 9.48. The van der Waals surface area contributed by atoms with Crippen LogP contribution in [-0.2, 0) is 6.54 Å². The number of hydrogen-bond donors (Lipinski definition) is 1. The van der Waals surface area contributed by atoms with E-state index in [1.807, 2.05) is 0 Å². The maximum atomic E-state index is 10.6. The number of hydrogen-bond acceptors (Lipinski definition) is 3. The van der Waals surface area contributed by atoms with Crippen LogP contribution in [0, 0.1) is 5.92 Å². The molecule has 0 atom stereocenters. The van der Waals surface area contributed by atoms with E-state index < -0.39 is 5.97 Å². The van der Waals surface area contributed by atoms with E-state index in [1.165, 1.54) is 12.8 Å². The van der Waals surface area contributed by atoms with E-state index in [-0.39, 0.29) is 5.76 Å². The Bertz CT molecular complexity index is 364. The van der Waals surface area contributed by atoms with Crippen LogP contribution in [0.2, 0.25) is 0 Å². The fourth-order valence-corrected chi connectivity index (χ4v) is 2.05. The zero-order chi connectivity index (χ0) is 11.5. The molecule has 4 nitrogen and oxygen atoms in total. The van der Waals surface area contributed by atoms with Crippen LogP contribution in [0.5, 0.6) is 0 Å². The normalized spacial score (nSPS) is 18.8. The minimum atomic E-state index is -1.00. The Morgan fingerprint density at radius 1 is 1.56 bits per heavy atom. The van der Waals surface area contributed by atoms with Gasteiger partial charge in [0.2, 0.25) is 5.76 Å². The molecule has 1 saturated heterocycles. The number of nitrogens with zero attached hydrogens (tertiary/aromatic N) is 1. The molecule has 0 aromatic carbocycles. The van der Waals surface area contributed by atoms with Crippen molar-refractivity contribution >= 4 is 5.97 Å². The molecule has 1 aromatic heterocycles. The van der Waals surface area contributed by atoms with Crippen LogP contribution in [0.4, 0.5) is 0 Å². The molecule has 88 valence electrons.